The van der Waals surface area contributed by atoms with Crippen molar-refractivity contribution in [2.45, 2.75) is 19.9 Å². The monoisotopic (exact) mass is 273 g/mol. The predicted molar refractivity (Wildman–Crippen MR) is 72.4 cm³/mol. The van der Waals surface area contributed by atoms with E-state index >= 15 is 0 Å². The molecule has 1 aromatic heterocycles. The number of pyridine rings is 1. The van der Waals surface area contributed by atoms with Gasteiger partial charge in [-0.1, -0.05) is 0 Å². The number of thioether (sulfide) groups is 1. The van der Waals surface area contributed by atoms with Gasteiger partial charge in [-0.15, -0.1) is 0 Å². The molecule has 1 fully saturated rings. The number of anilines is 2. The third-order valence-electron chi connectivity index (χ3n) is 2.89. The molecule has 0 radical (unpaired) electrons. The minimum atomic E-state index is -0.642. The van der Waals surface area contributed by atoms with Gasteiger partial charge in [0.2, 0.25) is 0 Å². The van der Waals surface area contributed by atoms with Crippen LogP contribution in [0, 0.1) is 11.6 Å². The summed E-state index contributed by atoms with van der Waals surface area (Å²) in [5, 5.41) is 2.81. The summed E-state index contributed by atoms with van der Waals surface area (Å²) in [6.07, 6.45) is 0. The molecule has 0 aromatic carbocycles. The van der Waals surface area contributed by atoms with E-state index in [0.29, 0.717) is 6.54 Å². The van der Waals surface area contributed by atoms with E-state index < -0.39 is 11.6 Å². The average molecular weight is 273 g/mol. The van der Waals surface area contributed by atoms with Crippen LogP contribution < -0.4 is 10.2 Å². The predicted octanol–water partition coefficient (Wildman–Crippen LogP) is 2.73. The lowest BCUT2D eigenvalue weighted by atomic mass is 10.3. The van der Waals surface area contributed by atoms with Gasteiger partial charge in [0, 0.05) is 36.7 Å². The number of rotatable bonds is 3. The van der Waals surface area contributed by atoms with Crippen LogP contribution in [-0.4, -0.2) is 35.6 Å². The molecule has 0 saturated carbocycles. The van der Waals surface area contributed by atoms with Crippen molar-refractivity contribution in [2.75, 3.05) is 34.8 Å². The zero-order valence-corrected chi connectivity index (χ0v) is 11.4. The van der Waals surface area contributed by atoms with Crippen LogP contribution in [0.1, 0.15) is 13.8 Å². The van der Waals surface area contributed by atoms with Crippen LogP contribution in [0.3, 0.4) is 0 Å². The standard InChI is InChI=1S/C12H17F2N3S/c1-3-15-11-9(13)6-10(14)12(16-11)17-4-5-18-7-8(17)2/h6,8H,3-5,7H2,1-2H3,(H,15,16). The molecule has 18 heavy (non-hydrogen) atoms. The van der Waals surface area contributed by atoms with Crippen molar-refractivity contribution >= 4 is 23.4 Å². The van der Waals surface area contributed by atoms with Gasteiger partial charge < -0.3 is 10.2 Å². The topological polar surface area (TPSA) is 28.2 Å². The highest BCUT2D eigenvalue weighted by Gasteiger charge is 2.24. The Labute approximate surface area is 110 Å². The van der Waals surface area contributed by atoms with E-state index in [-0.39, 0.29) is 17.7 Å². The van der Waals surface area contributed by atoms with Gasteiger partial charge in [-0.3, -0.25) is 0 Å². The van der Waals surface area contributed by atoms with E-state index in [1.165, 1.54) is 0 Å². The number of nitrogens with zero attached hydrogens (tertiary/aromatic N) is 2. The van der Waals surface area contributed by atoms with Crippen molar-refractivity contribution < 1.29 is 8.78 Å². The van der Waals surface area contributed by atoms with Gasteiger partial charge in [0.25, 0.3) is 0 Å². The van der Waals surface area contributed by atoms with Crippen molar-refractivity contribution in [3.63, 3.8) is 0 Å². The molecule has 1 aliphatic rings. The highest BCUT2D eigenvalue weighted by Crippen LogP contribution is 2.27. The van der Waals surface area contributed by atoms with Crippen LogP contribution in [0.2, 0.25) is 0 Å². The van der Waals surface area contributed by atoms with E-state index in [9.17, 15) is 8.78 Å². The SMILES string of the molecule is CCNc1nc(N2CCSCC2C)c(F)cc1F. The third kappa shape index (κ3) is 2.68. The Morgan fingerprint density at radius 2 is 2.28 bits per heavy atom. The van der Waals surface area contributed by atoms with Crippen molar-refractivity contribution in [2.24, 2.45) is 0 Å². The number of aromatic nitrogens is 1. The first-order valence-electron chi connectivity index (χ1n) is 6.07. The lowest BCUT2D eigenvalue weighted by molar-refractivity contribution is 0.562. The molecule has 1 aliphatic heterocycles. The number of halogens is 2. The Hall–Kier alpha value is -1.04. The van der Waals surface area contributed by atoms with Gasteiger partial charge in [0.05, 0.1) is 0 Å². The number of nitrogens with one attached hydrogen (secondary N) is 1. The summed E-state index contributed by atoms with van der Waals surface area (Å²) < 4.78 is 27.3. The van der Waals surface area contributed by atoms with Gasteiger partial charge in [-0.05, 0) is 13.8 Å². The van der Waals surface area contributed by atoms with Gasteiger partial charge >= 0.3 is 0 Å². The smallest absolute Gasteiger partial charge is 0.168 e. The largest absolute Gasteiger partial charge is 0.368 e. The Bertz CT molecular complexity index is 428. The summed E-state index contributed by atoms with van der Waals surface area (Å²) in [6.45, 7) is 5.18. The second-order valence-corrected chi connectivity index (χ2v) is 5.42. The van der Waals surface area contributed by atoms with Gasteiger partial charge in [-0.2, -0.15) is 11.8 Å². The van der Waals surface area contributed by atoms with Crippen LogP contribution in [0.5, 0.6) is 0 Å². The Morgan fingerprint density at radius 1 is 1.50 bits per heavy atom. The zero-order chi connectivity index (χ0) is 13.1. The molecule has 100 valence electrons. The van der Waals surface area contributed by atoms with E-state index in [1.807, 2.05) is 30.5 Å². The fourth-order valence-electron chi connectivity index (χ4n) is 1.99. The second kappa shape index (κ2) is 5.73. The molecule has 2 heterocycles. The molecular weight excluding hydrogens is 256 g/mol. The maximum absolute atomic E-state index is 13.8. The number of hydrogen-bond acceptors (Lipinski definition) is 4. The molecule has 0 bridgehead atoms. The normalized spacial score (nSPS) is 20.0. The second-order valence-electron chi connectivity index (χ2n) is 4.27. The van der Waals surface area contributed by atoms with Crippen molar-refractivity contribution in [3.05, 3.63) is 17.7 Å². The van der Waals surface area contributed by atoms with Crippen LogP contribution in [0.15, 0.2) is 6.07 Å². The molecule has 6 heteroatoms. The lowest BCUT2D eigenvalue weighted by Crippen LogP contribution is -2.41. The molecule has 1 aromatic rings. The summed E-state index contributed by atoms with van der Waals surface area (Å²) in [5.41, 5.74) is 0. The highest BCUT2D eigenvalue weighted by molar-refractivity contribution is 7.99. The lowest BCUT2D eigenvalue weighted by Gasteiger charge is -2.34. The molecule has 3 nitrogen and oxygen atoms in total. The number of hydrogen-bond donors (Lipinski definition) is 1. The Balaban J connectivity index is 2.33. The minimum absolute atomic E-state index is 0.124. The molecule has 2 rings (SSSR count). The Kier molecular flexibility index (Phi) is 4.27. The van der Waals surface area contributed by atoms with Gasteiger partial charge in [0.15, 0.2) is 23.3 Å². The summed E-state index contributed by atoms with van der Waals surface area (Å²) in [6, 6.07) is 1.13. The molecule has 1 unspecified atom stereocenters. The van der Waals surface area contributed by atoms with E-state index in [2.05, 4.69) is 10.3 Å². The first kappa shape index (κ1) is 13.4. The summed E-state index contributed by atoms with van der Waals surface area (Å²) in [7, 11) is 0. The molecular formula is C12H17F2N3S. The molecule has 1 saturated heterocycles. The molecule has 1 N–H and O–H groups in total. The first-order valence-corrected chi connectivity index (χ1v) is 7.23. The first-order chi connectivity index (χ1) is 8.63. The van der Waals surface area contributed by atoms with Crippen molar-refractivity contribution in [1.82, 2.24) is 4.98 Å². The molecule has 0 amide bonds. The minimum Gasteiger partial charge on any atom is -0.368 e. The van der Waals surface area contributed by atoms with Crippen LogP contribution in [-0.2, 0) is 0 Å². The quantitative estimate of drug-likeness (QED) is 0.916. The van der Waals surface area contributed by atoms with Crippen molar-refractivity contribution in [1.29, 1.82) is 0 Å². The van der Waals surface area contributed by atoms with Gasteiger partial charge in [-0.25, -0.2) is 13.8 Å². The van der Waals surface area contributed by atoms with E-state index in [1.54, 1.807) is 0 Å². The molecule has 0 spiro atoms. The van der Waals surface area contributed by atoms with Crippen molar-refractivity contribution in [3.8, 4) is 0 Å². The average Bonchev–Trinajstić information content (AvgIpc) is 2.34. The van der Waals surface area contributed by atoms with Crippen LogP contribution in [0.25, 0.3) is 0 Å². The summed E-state index contributed by atoms with van der Waals surface area (Å²) >= 11 is 1.84. The summed E-state index contributed by atoms with van der Waals surface area (Å²) in [5.74, 6) is 1.03. The van der Waals surface area contributed by atoms with E-state index in [0.717, 1.165) is 24.1 Å². The zero-order valence-electron chi connectivity index (χ0n) is 10.5. The Morgan fingerprint density at radius 3 is 2.94 bits per heavy atom. The maximum Gasteiger partial charge on any atom is 0.168 e. The third-order valence-corrected chi connectivity index (χ3v) is 4.08. The van der Waals surface area contributed by atoms with Crippen LogP contribution in [0.4, 0.5) is 20.4 Å². The molecule has 0 aliphatic carbocycles. The van der Waals surface area contributed by atoms with E-state index in [4.69, 9.17) is 0 Å². The van der Waals surface area contributed by atoms with Gasteiger partial charge in [0.1, 0.15) is 0 Å². The maximum atomic E-state index is 13.8. The fraction of sp³-hybridized carbons (Fsp3) is 0.583. The molecule has 1 atom stereocenters. The fourth-order valence-corrected chi connectivity index (χ4v) is 3.01. The van der Waals surface area contributed by atoms with Crippen LogP contribution >= 0.6 is 11.8 Å². The summed E-state index contributed by atoms with van der Waals surface area (Å²) in [4.78, 5) is 6.00. The highest BCUT2D eigenvalue weighted by atomic mass is 32.2.